The maximum absolute atomic E-state index is 11.9. The van der Waals surface area contributed by atoms with Crippen molar-refractivity contribution in [1.29, 1.82) is 0 Å². The third-order valence-electron chi connectivity index (χ3n) is 3.17. The first-order chi connectivity index (χ1) is 10.9. The number of phenols is 1. The molecule has 0 atom stereocenters. The lowest BCUT2D eigenvalue weighted by atomic mass is 10.1. The van der Waals surface area contributed by atoms with Gasteiger partial charge in [0.1, 0.15) is 11.3 Å². The summed E-state index contributed by atoms with van der Waals surface area (Å²) in [7, 11) is 0. The number of hydrogen-bond donors (Lipinski definition) is 2. The van der Waals surface area contributed by atoms with E-state index in [4.69, 9.17) is 16.3 Å². The molecule has 2 aromatic carbocycles. The van der Waals surface area contributed by atoms with Crippen LogP contribution in [-0.2, 0) is 9.53 Å². The van der Waals surface area contributed by atoms with Crippen LogP contribution >= 0.6 is 11.6 Å². The van der Waals surface area contributed by atoms with Crippen molar-refractivity contribution in [1.82, 2.24) is 0 Å². The largest absolute Gasteiger partial charge is 0.507 e. The first-order valence-electron chi connectivity index (χ1n) is 6.89. The molecular weight excluding hydrogens is 318 g/mol. The number of esters is 1. The normalized spacial score (nSPS) is 10.2. The van der Waals surface area contributed by atoms with Crippen molar-refractivity contribution >= 4 is 29.2 Å². The van der Waals surface area contributed by atoms with Crippen LogP contribution < -0.4 is 5.32 Å². The van der Waals surface area contributed by atoms with E-state index < -0.39 is 18.5 Å². The highest BCUT2D eigenvalue weighted by atomic mass is 35.5. The number of carbonyl (C=O) groups excluding carboxylic acids is 2. The van der Waals surface area contributed by atoms with Gasteiger partial charge < -0.3 is 15.2 Å². The van der Waals surface area contributed by atoms with E-state index in [1.54, 1.807) is 6.07 Å². The minimum absolute atomic E-state index is 0.0863. The standard InChI is InChI=1S/C17H16ClNO4/c1-10-3-5-14(11(2)7-10)19-16(21)9-23-17(22)13-8-12(18)4-6-15(13)20/h3-8,20H,9H2,1-2H3,(H,19,21). The number of ether oxygens (including phenoxy) is 1. The molecule has 0 unspecified atom stereocenters. The van der Waals surface area contributed by atoms with Crippen LogP contribution in [0.15, 0.2) is 36.4 Å². The molecule has 0 heterocycles. The van der Waals surface area contributed by atoms with Gasteiger partial charge in [-0.25, -0.2) is 4.79 Å². The quantitative estimate of drug-likeness (QED) is 0.840. The first kappa shape index (κ1) is 16.8. The molecule has 23 heavy (non-hydrogen) atoms. The summed E-state index contributed by atoms with van der Waals surface area (Å²) in [6.07, 6.45) is 0. The summed E-state index contributed by atoms with van der Waals surface area (Å²) in [4.78, 5) is 23.7. The Labute approximate surface area is 138 Å². The molecule has 0 bridgehead atoms. The zero-order chi connectivity index (χ0) is 17.0. The third-order valence-corrected chi connectivity index (χ3v) is 3.40. The van der Waals surface area contributed by atoms with Crippen LogP contribution in [0, 0.1) is 13.8 Å². The smallest absolute Gasteiger partial charge is 0.342 e. The lowest BCUT2D eigenvalue weighted by Crippen LogP contribution is -2.21. The number of rotatable bonds is 4. The number of halogens is 1. The number of amides is 1. The Morgan fingerprint density at radius 2 is 1.91 bits per heavy atom. The fourth-order valence-corrected chi connectivity index (χ4v) is 2.19. The molecule has 0 aliphatic heterocycles. The summed E-state index contributed by atoms with van der Waals surface area (Å²) in [5, 5.41) is 12.6. The summed E-state index contributed by atoms with van der Waals surface area (Å²) in [6, 6.07) is 9.61. The predicted molar refractivity (Wildman–Crippen MR) is 87.9 cm³/mol. The number of phenolic OH excluding ortho intramolecular Hbond substituents is 1. The second-order valence-corrected chi connectivity index (χ2v) is 5.54. The zero-order valence-corrected chi connectivity index (χ0v) is 13.5. The molecule has 0 saturated heterocycles. The number of nitrogens with one attached hydrogen (secondary N) is 1. The van der Waals surface area contributed by atoms with Gasteiger partial charge in [-0.2, -0.15) is 0 Å². The van der Waals surface area contributed by atoms with Gasteiger partial charge in [-0.15, -0.1) is 0 Å². The molecular formula is C17H16ClNO4. The molecule has 0 saturated carbocycles. The first-order valence-corrected chi connectivity index (χ1v) is 7.27. The van der Waals surface area contributed by atoms with Crippen LogP contribution in [0.2, 0.25) is 5.02 Å². The number of hydrogen-bond acceptors (Lipinski definition) is 4. The van der Waals surface area contributed by atoms with E-state index in [1.165, 1.54) is 18.2 Å². The van der Waals surface area contributed by atoms with Gasteiger partial charge in [0.05, 0.1) is 0 Å². The second kappa shape index (κ2) is 7.15. The highest BCUT2D eigenvalue weighted by Gasteiger charge is 2.15. The summed E-state index contributed by atoms with van der Waals surface area (Å²) in [5.41, 5.74) is 2.57. The maximum atomic E-state index is 11.9. The summed E-state index contributed by atoms with van der Waals surface area (Å²) in [6.45, 7) is 3.37. The molecule has 0 aliphatic carbocycles. The van der Waals surface area contributed by atoms with Crippen molar-refractivity contribution in [2.45, 2.75) is 13.8 Å². The van der Waals surface area contributed by atoms with Crippen molar-refractivity contribution in [3.63, 3.8) is 0 Å². The average Bonchev–Trinajstić information content (AvgIpc) is 2.50. The maximum Gasteiger partial charge on any atom is 0.342 e. The Bertz CT molecular complexity index is 758. The van der Waals surface area contributed by atoms with E-state index in [-0.39, 0.29) is 16.3 Å². The molecule has 0 radical (unpaired) electrons. The number of carbonyl (C=O) groups is 2. The SMILES string of the molecule is Cc1ccc(NC(=O)COC(=O)c2cc(Cl)ccc2O)c(C)c1. The minimum atomic E-state index is -0.819. The van der Waals surface area contributed by atoms with Gasteiger partial charge in [0.15, 0.2) is 6.61 Å². The molecule has 6 heteroatoms. The summed E-state index contributed by atoms with van der Waals surface area (Å²) in [5.74, 6) is -1.54. The molecule has 0 spiro atoms. The molecule has 120 valence electrons. The Balaban J connectivity index is 1.96. The molecule has 5 nitrogen and oxygen atoms in total. The molecule has 0 aromatic heterocycles. The molecule has 2 N–H and O–H groups in total. The van der Waals surface area contributed by atoms with E-state index in [0.717, 1.165) is 11.1 Å². The van der Waals surface area contributed by atoms with Gasteiger partial charge in [0.25, 0.3) is 5.91 Å². The summed E-state index contributed by atoms with van der Waals surface area (Å²) < 4.78 is 4.89. The summed E-state index contributed by atoms with van der Waals surface area (Å²) >= 11 is 5.76. The number of anilines is 1. The zero-order valence-electron chi connectivity index (χ0n) is 12.7. The Morgan fingerprint density at radius 3 is 2.61 bits per heavy atom. The Kier molecular flexibility index (Phi) is 5.24. The fraction of sp³-hybridized carbons (Fsp3) is 0.176. The number of benzene rings is 2. The fourth-order valence-electron chi connectivity index (χ4n) is 2.02. The lowest BCUT2D eigenvalue weighted by molar-refractivity contribution is -0.119. The monoisotopic (exact) mass is 333 g/mol. The van der Waals surface area contributed by atoms with Crippen molar-refractivity contribution in [3.8, 4) is 5.75 Å². The van der Waals surface area contributed by atoms with Gasteiger partial charge in [-0.05, 0) is 43.7 Å². The average molecular weight is 334 g/mol. The van der Waals surface area contributed by atoms with E-state index in [2.05, 4.69) is 5.32 Å². The number of aromatic hydroxyl groups is 1. The van der Waals surface area contributed by atoms with Gasteiger partial charge in [-0.3, -0.25) is 4.79 Å². The van der Waals surface area contributed by atoms with Crippen LogP contribution in [0.25, 0.3) is 0 Å². The highest BCUT2D eigenvalue weighted by molar-refractivity contribution is 6.31. The van der Waals surface area contributed by atoms with Gasteiger partial charge in [0, 0.05) is 10.7 Å². The Morgan fingerprint density at radius 1 is 1.17 bits per heavy atom. The van der Waals surface area contributed by atoms with E-state index in [9.17, 15) is 14.7 Å². The van der Waals surface area contributed by atoms with Crippen LogP contribution in [-0.4, -0.2) is 23.6 Å². The predicted octanol–water partition coefficient (Wildman–Crippen LogP) is 3.46. The molecule has 0 fully saturated rings. The third kappa shape index (κ3) is 4.47. The van der Waals surface area contributed by atoms with Crippen LogP contribution in [0.4, 0.5) is 5.69 Å². The lowest BCUT2D eigenvalue weighted by Gasteiger charge is -2.10. The molecule has 1 amide bonds. The van der Waals surface area contributed by atoms with Crippen molar-refractivity contribution in [2.75, 3.05) is 11.9 Å². The second-order valence-electron chi connectivity index (χ2n) is 5.10. The van der Waals surface area contributed by atoms with E-state index in [1.807, 2.05) is 26.0 Å². The van der Waals surface area contributed by atoms with Gasteiger partial charge in [-0.1, -0.05) is 29.3 Å². The van der Waals surface area contributed by atoms with E-state index in [0.29, 0.717) is 5.69 Å². The minimum Gasteiger partial charge on any atom is -0.507 e. The van der Waals surface area contributed by atoms with Crippen LogP contribution in [0.3, 0.4) is 0 Å². The van der Waals surface area contributed by atoms with Gasteiger partial charge in [0.2, 0.25) is 0 Å². The molecule has 2 rings (SSSR count). The Hall–Kier alpha value is -2.53. The van der Waals surface area contributed by atoms with Crippen LogP contribution in [0.5, 0.6) is 5.75 Å². The molecule has 0 aliphatic rings. The van der Waals surface area contributed by atoms with Crippen molar-refractivity contribution in [2.24, 2.45) is 0 Å². The number of aryl methyl sites for hydroxylation is 2. The molecule has 2 aromatic rings. The topological polar surface area (TPSA) is 75.6 Å². The van der Waals surface area contributed by atoms with Crippen LogP contribution in [0.1, 0.15) is 21.5 Å². The van der Waals surface area contributed by atoms with Crippen molar-refractivity contribution < 1.29 is 19.4 Å². The highest BCUT2D eigenvalue weighted by Crippen LogP contribution is 2.22. The van der Waals surface area contributed by atoms with Gasteiger partial charge >= 0.3 is 5.97 Å². The van der Waals surface area contributed by atoms with E-state index >= 15 is 0 Å². The van der Waals surface area contributed by atoms with Crippen molar-refractivity contribution in [3.05, 3.63) is 58.1 Å².